The van der Waals surface area contributed by atoms with Crippen molar-refractivity contribution in [1.82, 2.24) is 14.8 Å². The lowest BCUT2D eigenvalue weighted by Crippen LogP contribution is -2.48. The molecule has 0 bridgehead atoms. The number of benzene rings is 2. The number of sulfonamides is 1. The van der Waals surface area contributed by atoms with Crippen LogP contribution in [0.1, 0.15) is 60.7 Å². The molecule has 0 radical (unpaired) electrons. The molecule has 0 saturated heterocycles. The fourth-order valence-corrected chi connectivity index (χ4v) is 6.53. The van der Waals surface area contributed by atoms with Gasteiger partial charge in [0.1, 0.15) is 11.5 Å². The summed E-state index contributed by atoms with van der Waals surface area (Å²) in [5, 5.41) is 10.2. The number of amides is 2. The maximum absolute atomic E-state index is 14.4. The molecule has 13 heteroatoms. The molecule has 0 spiro atoms. The average Bonchev–Trinajstić information content (AvgIpc) is 3.09. The Morgan fingerprint density at radius 2 is 1.83 bits per heavy atom. The number of aliphatic hydroxyl groups excluding tert-OH is 1. The first-order valence-electron chi connectivity index (χ1n) is 16.1. The SMILES string of the molecule is COc1ccc(S(=O)(=O)Nc2ccc3c(c2)C(=O)N([C@@H](C)CO)C[C@@H](C)[C@@H](CN(C)C(=O)c2ccncc2)OCCCC[C@@H](C)O3)cc1. The number of hydrogen-bond acceptors (Lipinski definition) is 9. The molecule has 0 unspecified atom stereocenters. The Hall–Kier alpha value is -4.20. The van der Waals surface area contributed by atoms with Gasteiger partial charge in [-0.2, -0.15) is 0 Å². The number of ether oxygens (including phenoxy) is 3. The Morgan fingerprint density at radius 1 is 1.12 bits per heavy atom. The second kappa shape index (κ2) is 16.8. The average molecular weight is 683 g/mol. The van der Waals surface area contributed by atoms with Crippen LogP contribution in [0.3, 0.4) is 0 Å². The fraction of sp³-hybridized carbons (Fsp3) is 0.457. The Labute approximate surface area is 283 Å². The Kier molecular flexibility index (Phi) is 12.8. The van der Waals surface area contributed by atoms with Gasteiger partial charge in [-0.15, -0.1) is 0 Å². The maximum Gasteiger partial charge on any atom is 0.261 e. The zero-order chi connectivity index (χ0) is 34.8. The van der Waals surface area contributed by atoms with E-state index in [0.29, 0.717) is 30.1 Å². The molecule has 48 heavy (non-hydrogen) atoms. The number of methoxy groups -OCH3 is 1. The second-order valence-electron chi connectivity index (χ2n) is 12.2. The van der Waals surface area contributed by atoms with Crippen LogP contribution in [0, 0.1) is 5.92 Å². The van der Waals surface area contributed by atoms with Crippen molar-refractivity contribution in [3.8, 4) is 11.5 Å². The highest BCUT2D eigenvalue weighted by molar-refractivity contribution is 7.92. The minimum Gasteiger partial charge on any atom is -0.497 e. The summed E-state index contributed by atoms with van der Waals surface area (Å²) >= 11 is 0. The Balaban J connectivity index is 1.65. The number of nitrogens with zero attached hydrogens (tertiary/aromatic N) is 3. The highest BCUT2D eigenvalue weighted by atomic mass is 32.2. The van der Waals surface area contributed by atoms with Crippen molar-refractivity contribution < 1.29 is 37.3 Å². The molecule has 4 rings (SSSR count). The molecule has 1 aliphatic rings. The van der Waals surface area contributed by atoms with Crippen LogP contribution in [0.4, 0.5) is 5.69 Å². The first kappa shape index (κ1) is 36.6. The van der Waals surface area contributed by atoms with E-state index in [9.17, 15) is 23.1 Å². The molecule has 2 N–H and O–H groups in total. The molecule has 2 amide bonds. The summed E-state index contributed by atoms with van der Waals surface area (Å²) in [6.07, 6.45) is 4.75. The van der Waals surface area contributed by atoms with Crippen LogP contribution in [0.5, 0.6) is 11.5 Å². The number of nitrogens with one attached hydrogen (secondary N) is 1. The number of anilines is 1. The molecule has 0 saturated carbocycles. The lowest BCUT2D eigenvalue weighted by molar-refractivity contribution is -0.0149. The van der Waals surface area contributed by atoms with Crippen LogP contribution in [0.2, 0.25) is 0 Å². The van der Waals surface area contributed by atoms with Gasteiger partial charge in [0.25, 0.3) is 21.8 Å². The van der Waals surface area contributed by atoms with Crippen LogP contribution >= 0.6 is 0 Å². The van der Waals surface area contributed by atoms with E-state index in [-0.39, 0.29) is 53.8 Å². The number of carbonyl (C=O) groups is 2. The van der Waals surface area contributed by atoms with Crippen molar-refractivity contribution in [2.75, 3.05) is 45.2 Å². The monoisotopic (exact) mass is 682 g/mol. The number of pyridine rings is 1. The van der Waals surface area contributed by atoms with Gasteiger partial charge < -0.3 is 29.1 Å². The molecule has 1 aliphatic heterocycles. The molecule has 0 aliphatic carbocycles. The van der Waals surface area contributed by atoms with Crippen molar-refractivity contribution in [3.63, 3.8) is 0 Å². The number of rotatable bonds is 9. The third-order valence-electron chi connectivity index (χ3n) is 8.40. The van der Waals surface area contributed by atoms with E-state index in [1.807, 2.05) is 13.8 Å². The van der Waals surface area contributed by atoms with Gasteiger partial charge in [0, 0.05) is 56.3 Å². The summed E-state index contributed by atoms with van der Waals surface area (Å²) < 4.78 is 46.8. The third kappa shape index (κ3) is 9.45. The standard InChI is InChI=1S/C35H46N4O8S/c1-24-21-39(25(2)23-40)35(42)31-20-28(37-48(43,44)30-12-10-29(45-5)11-13-30)9-14-32(31)47-26(3)8-6-7-19-46-33(24)22-38(4)34(41)27-15-17-36-18-16-27/h9-18,20,24-26,33,37,40H,6-8,19,21-23H2,1-5H3/t24-,25+,26-,33-/m1/s1. The van der Waals surface area contributed by atoms with E-state index < -0.39 is 28.1 Å². The van der Waals surface area contributed by atoms with Gasteiger partial charge in [-0.3, -0.25) is 19.3 Å². The highest BCUT2D eigenvalue weighted by Gasteiger charge is 2.31. The van der Waals surface area contributed by atoms with E-state index >= 15 is 0 Å². The van der Waals surface area contributed by atoms with Gasteiger partial charge in [-0.25, -0.2) is 8.42 Å². The van der Waals surface area contributed by atoms with Gasteiger partial charge >= 0.3 is 0 Å². The molecule has 0 fully saturated rings. The number of aliphatic hydroxyl groups is 1. The highest BCUT2D eigenvalue weighted by Crippen LogP contribution is 2.30. The van der Waals surface area contributed by atoms with Crippen LogP contribution in [-0.4, -0.2) is 98.8 Å². The number of aromatic nitrogens is 1. The molecule has 1 aromatic heterocycles. The van der Waals surface area contributed by atoms with E-state index in [2.05, 4.69) is 9.71 Å². The van der Waals surface area contributed by atoms with Crippen molar-refractivity contribution in [3.05, 3.63) is 78.1 Å². The summed E-state index contributed by atoms with van der Waals surface area (Å²) in [5.41, 5.74) is 0.844. The largest absolute Gasteiger partial charge is 0.497 e. The third-order valence-corrected chi connectivity index (χ3v) is 9.80. The zero-order valence-corrected chi connectivity index (χ0v) is 29.0. The van der Waals surface area contributed by atoms with E-state index in [0.717, 1.165) is 12.8 Å². The Morgan fingerprint density at radius 3 is 2.50 bits per heavy atom. The summed E-state index contributed by atoms with van der Waals surface area (Å²) in [6.45, 7) is 6.24. The maximum atomic E-state index is 14.4. The predicted octanol–water partition coefficient (Wildman–Crippen LogP) is 4.46. The molecule has 3 aromatic rings. The second-order valence-corrected chi connectivity index (χ2v) is 13.9. The van der Waals surface area contributed by atoms with Gasteiger partial charge in [0.2, 0.25) is 0 Å². The topological polar surface area (TPSA) is 148 Å². The van der Waals surface area contributed by atoms with Gasteiger partial charge in [-0.1, -0.05) is 6.92 Å². The molecule has 12 nitrogen and oxygen atoms in total. The summed E-state index contributed by atoms with van der Waals surface area (Å²) in [6, 6.07) is 13.3. The van der Waals surface area contributed by atoms with Crippen molar-refractivity contribution >= 4 is 27.5 Å². The minimum absolute atomic E-state index is 0.0300. The molecular formula is C35H46N4O8S. The predicted molar refractivity (Wildman–Crippen MR) is 182 cm³/mol. The van der Waals surface area contributed by atoms with Crippen LogP contribution in [0.15, 0.2) is 71.9 Å². The lowest BCUT2D eigenvalue weighted by Gasteiger charge is -2.36. The summed E-state index contributed by atoms with van der Waals surface area (Å²) in [4.78, 5) is 34.7. The first-order chi connectivity index (χ1) is 22.9. The zero-order valence-electron chi connectivity index (χ0n) is 28.2. The molecule has 4 atom stereocenters. The van der Waals surface area contributed by atoms with E-state index in [1.165, 1.54) is 25.3 Å². The van der Waals surface area contributed by atoms with Gasteiger partial charge in [0.15, 0.2) is 0 Å². The van der Waals surface area contributed by atoms with Crippen molar-refractivity contribution in [2.24, 2.45) is 5.92 Å². The van der Waals surface area contributed by atoms with E-state index in [4.69, 9.17) is 14.2 Å². The molecule has 2 aromatic carbocycles. The number of likely N-dealkylation sites (N-methyl/N-ethyl adjacent to an activating group) is 1. The molecular weight excluding hydrogens is 636 g/mol. The van der Waals surface area contributed by atoms with Gasteiger partial charge in [0.05, 0.1) is 42.4 Å². The first-order valence-corrected chi connectivity index (χ1v) is 17.6. The van der Waals surface area contributed by atoms with Crippen LogP contribution in [0.25, 0.3) is 0 Å². The smallest absolute Gasteiger partial charge is 0.261 e. The fourth-order valence-electron chi connectivity index (χ4n) is 5.49. The van der Waals surface area contributed by atoms with E-state index in [1.54, 1.807) is 72.6 Å². The molecule has 260 valence electrons. The lowest BCUT2D eigenvalue weighted by atomic mass is 10.0. The van der Waals surface area contributed by atoms with Crippen LogP contribution in [-0.2, 0) is 14.8 Å². The van der Waals surface area contributed by atoms with Crippen molar-refractivity contribution in [2.45, 2.75) is 63.2 Å². The summed E-state index contributed by atoms with van der Waals surface area (Å²) in [5.74, 6) is -0.0279. The Bertz CT molecular complexity index is 1620. The number of carbonyl (C=O) groups excluding carboxylic acids is 2. The number of fused-ring (bicyclic) bond motifs is 1. The molecule has 2 heterocycles. The summed E-state index contributed by atoms with van der Waals surface area (Å²) in [7, 11) is -0.784. The van der Waals surface area contributed by atoms with Crippen molar-refractivity contribution in [1.29, 1.82) is 0 Å². The number of hydrogen-bond donors (Lipinski definition) is 2. The minimum atomic E-state index is -3.99. The quantitative estimate of drug-likeness (QED) is 0.334. The normalized spacial score (nSPS) is 20.1. The van der Waals surface area contributed by atoms with Gasteiger partial charge in [-0.05, 0) is 87.7 Å². The van der Waals surface area contributed by atoms with Crippen LogP contribution < -0.4 is 14.2 Å².